The van der Waals surface area contributed by atoms with Gasteiger partial charge in [-0.2, -0.15) is 0 Å². The van der Waals surface area contributed by atoms with Crippen molar-refractivity contribution in [2.24, 2.45) is 0 Å². The van der Waals surface area contributed by atoms with Crippen LogP contribution < -0.4 is 10.1 Å². The molecule has 0 aliphatic rings. The van der Waals surface area contributed by atoms with Crippen molar-refractivity contribution in [1.82, 2.24) is 15.3 Å². The molecule has 0 aliphatic heterocycles. The number of nitrogens with zero attached hydrogens (tertiary/aromatic N) is 2. The van der Waals surface area contributed by atoms with Gasteiger partial charge in [-0.25, -0.2) is 4.98 Å². The Bertz CT molecular complexity index is 816. The molecule has 2 aromatic heterocycles. The van der Waals surface area contributed by atoms with Crippen LogP contribution in [0.4, 0.5) is 0 Å². The maximum absolute atomic E-state index is 12.3. The van der Waals surface area contributed by atoms with Crippen LogP contribution in [-0.4, -0.2) is 23.0 Å². The summed E-state index contributed by atoms with van der Waals surface area (Å²) in [6.45, 7) is 1.93. The third-order valence-corrected chi connectivity index (χ3v) is 4.60. The molecule has 2 heterocycles. The first-order valence-corrected chi connectivity index (χ1v) is 8.36. The molecule has 3 rings (SSSR count). The molecular formula is C18H17N3O2S. The lowest BCUT2D eigenvalue weighted by molar-refractivity contribution is 0.0940. The van der Waals surface area contributed by atoms with Gasteiger partial charge in [0, 0.05) is 28.9 Å². The van der Waals surface area contributed by atoms with E-state index in [1.807, 2.05) is 24.4 Å². The molecule has 122 valence electrons. The predicted molar refractivity (Wildman–Crippen MR) is 94.2 cm³/mol. The molecule has 0 fully saturated rings. The topological polar surface area (TPSA) is 64.1 Å². The van der Waals surface area contributed by atoms with Gasteiger partial charge in [0.1, 0.15) is 10.8 Å². The van der Waals surface area contributed by atoms with Gasteiger partial charge in [0.25, 0.3) is 5.91 Å². The minimum atomic E-state index is -0.166. The van der Waals surface area contributed by atoms with E-state index < -0.39 is 0 Å². The standard InChI is InChI=1S/C18H17N3O2S/c1-12(20-17(22)14-3-5-15(23-2)6-4-14)18-21-16(11-24-18)13-7-9-19-10-8-13/h3-12H,1-2H3,(H,20,22)/t12-/m1/s1. The summed E-state index contributed by atoms with van der Waals surface area (Å²) in [6.07, 6.45) is 3.48. The first-order chi connectivity index (χ1) is 11.7. The van der Waals surface area contributed by atoms with Crippen LogP contribution in [0, 0.1) is 0 Å². The highest BCUT2D eigenvalue weighted by atomic mass is 32.1. The number of hydrogen-bond acceptors (Lipinski definition) is 5. The molecule has 6 heteroatoms. The second-order valence-corrected chi connectivity index (χ2v) is 6.12. The summed E-state index contributed by atoms with van der Waals surface area (Å²) in [5.41, 5.74) is 2.50. The van der Waals surface area contributed by atoms with Crippen LogP contribution in [0.1, 0.15) is 28.3 Å². The van der Waals surface area contributed by atoms with Crippen molar-refractivity contribution in [2.45, 2.75) is 13.0 Å². The number of carbonyl (C=O) groups is 1. The Labute approximate surface area is 144 Å². The minimum Gasteiger partial charge on any atom is -0.497 e. The predicted octanol–water partition coefficient (Wildman–Crippen LogP) is 3.70. The molecule has 1 aromatic carbocycles. The number of carbonyl (C=O) groups excluding carboxylic acids is 1. The van der Waals surface area contributed by atoms with Gasteiger partial charge in [-0.3, -0.25) is 9.78 Å². The quantitative estimate of drug-likeness (QED) is 0.770. The van der Waals surface area contributed by atoms with Crippen molar-refractivity contribution >= 4 is 17.2 Å². The largest absolute Gasteiger partial charge is 0.497 e. The fourth-order valence-corrected chi connectivity index (χ4v) is 3.06. The summed E-state index contributed by atoms with van der Waals surface area (Å²) in [4.78, 5) is 20.9. The molecule has 1 atom stereocenters. The minimum absolute atomic E-state index is 0.134. The van der Waals surface area contributed by atoms with E-state index in [1.165, 1.54) is 11.3 Å². The lowest BCUT2D eigenvalue weighted by Gasteiger charge is -2.11. The zero-order chi connectivity index (χ0) is 16.9. The Hall–Kier alpha value is -2.73. The summed E-state index contributed by atoms with van der Waals surface area (Å²) < 4.78 is 5.10. The maximum atomic E-state index is 12.3. The molecule has 3 aromatic rings. The zero-order valence-electron chi connectivity index (χ0n) is 13.4. The molecule has 5 nitrogen and oxygen atoms in total. The van der Waals surface area contributed by atoms with E-state index in [4.69, 9.17) is 4.74 Å². The maximum Gasteiger partial charge on any atom is 0.251 e. The van der Waals surface area contributed by atoms with Gasteiger partial charge in [0.2, 0.25) is 0 Å². The lowest BCUT2D eigenvalue weighted by atomic mass is 10.2. The molecule has 0 bridgehead atoms. The van der Waals surface area contributed by atoms with Gasteiger partial charge in [-0.05, 0) is 43.3 Å². The Kier molecular flexibility index (Phi) is 4.86. The number of rotatable bonds is 5. The summed E-state index contributed by atoms with van der Waals surface area (Å²) in [6, 6.07) is 10.7. The number of amides is 1. The number of pyridine rings is 1. The van der Waals surface area contributed by atoms with Gasteiger partial charge >= 0.3 is 0 Å². The molecule has 0 spiro atoms. The van der Waals surface area contributed by atoms with Crippen LogP contribution in [0.5, 0.6) is 5.75 Å². The first-order valence-electron chi connectivity index (χ1n) is 7.48. The summed E-state index contributed by atoms with van der Waals surface area (Å²) in [5.74, 6) is 0.590. The fourth-order valence-electron chi connectivity index (χ4n) is 2.23. The highest BCUT2D eigenvalue weighted by Crippen LogP contribution is 2.25. The number of ether oxygens (including phenoxy) is 1. The Morgan fingerprint density at radius 1 is 1.17 bits per heavy atom. The number of aromatic nitrogens is 2. The highest BCUT2D eigenvalue weighted by Gasteiger charge is 2.15. The molecule has 1 amide bonds. The average molecular weight is 339 g/mol. The molecule has 1 N–H and O–H groups in total. The number of nitrogens with one attached hydrogen (secondary N) is 1. The van der Waals surface area contributed by atoms with Crippen molar-refractivity contribution in [3.8, 4) is 17.0 Å². The summed E-state index contributed by atoms with van der Waals surface area (Å²) in [7, 11) is 1.60. The smallest absolute Gasteiger partial charge is 0.251 e. The normalized spacial score (nSPS) is 11.8. The highest BCUT2D eigenvalue weighted by molar-refractivity contribution is 7.10. The molecule has 0 radical (unpaired) electrons. The molecule has 0 unspecified atom stereocenters. The van der Waals surface area contributed by atoms with E-state index in [2.05, 4.69) is 15.3 Å². The number of thiazole rings is 1. The van der Waals surface area contributed by atoms with Crippen molar-refractivity contribution < 1.29 is 9.53 Å². The second-order valence-electron chi connectivity index (χ2n) is 5.23. The van der Waals surface area contributed by atoms with E-state index in [-0.39, 0.29) is 11.9 Å². The van der Waals surface area contributed by atoms with E-state index >= 15 is 0 Å². The molecular weight excluding hydrogens is 322 g/mol. The van der Waals surface area contributed by atoms with E-state index in [0.717, 1.165) is 22.0 Å². The van der Waals surface area contributed by atoms with Gasteiger partial charge in [-0.15, -0.1) is 11.3 Å². The third kappa shape index (κ3) is 3.60. The monoisotopic (exact) mass is 339 g/mol. The van der Waals surface area contributed by atoms with Gasteiger partial charge in [-0.1, -0.05) is 0 Å². The first kappa shape index (κ1) is 16.1. The van der Waals surface area contributed by atoms with Crippen molar-refractivity contribution in [3.63, 3.8) is 0 Å². The molecule has 0 saturated carbocycles. The average Bonchev–Trinajstić information content (AvgIpc) is 3.13. The van der Waals surface area contributed by atoms with Crippen LogP contribution in [-0.2, 0) is 0 Å². The van der Waals surface area contributed by atoms with Crippen molar-refractivity contribution in [3.05, 3.63) is 64.7 Å². The zero-order valence-corrected chi connectivity index (χ0v) is 14.2. The lowest BCUT2D eigenvalue weighted by Crippen LogP contribution is -2.26. The van der Waals surface area contributed by atoms with Crippen LogP contribution in [0.15, 0.2) is 54.2 Å². The SMILES string of the molecule is COc1ccc(C(=O)N[C@H](C)c2nc(-c3ccncc3)cs2)cc1. The fraction of sp³-hybridized carbons (Fsp3) is 0.167. The second kappa shape index (κ2) is 7.23. The van der Waals surface area contributed by atoms with E-state index in [0.29, 0.717) is 5.56 Å². The Balaban J connectivity index is 1.69. The van der Waals surface area contributed by atoms with Gasteiger partial charge < -0.3 is 10.1 Å². The van der Waals surface area contributed by atoms with Crippen molar-refractivity contribution in [2.75, 3.05) is 7.11 Å². The number of hydrogen-bond donors (Lipinski definition) is 1. The molecule has 24 heavy (non-hydrogen) atoms. The Morgan fingerprint density at radius 3 is 2.54 bits per heavy atom. The molecule has 0 aliphatic carbocycles. The van der Waals surface area contributed by atoms with Crippen LogP contribution in [0.3, 0.4) is 0 Å². The van der Waals surface area contributed by atoms with Crippen molar-refractivity contribution in [1.29, 1.82) is 0 Å². The summed E-state index contributed by atoms with van der Waals surface area (Å²) >= 11 is 1.53. The van der Waals surface area contributed by atoms with Crippen LogP contribution in [0.2, 0.25) is 0 Å². The molecule has 0 saturated heterocycles. The van der Waals surface area contributed by atoms with Gasteiger partial charge in [0.05, 0.1) is 18.8 Å². The van der Waals surface area contributed by atoms with Gasteiger partial charge in [0.15, 0.2) is 0 Å². The van der Waals surface area contributed by atoms with E-state index in [9.17, 15) is 4.79 Å². The number of methoxy groups -OCH3 is 1. The van der Waals surface area contributed by atoms with Crippen LogP contribution >= 0.6 is 11.3 Å². The summed E-state index contributed by atoms with van der Waals surface area (Å²) in [5, 5.41) is 5.82. The third-order valence-electron chi connectivity index (χ3n) is 3.57. The Morgan fingerprint density at radius 2 is 1.88 bits per heavy atom. The number of benzene rings is 1. The van der Waals surface area contributed by atoms with E-state index in [1.54, 1.807) is 43.8 Å². The van der Waals surface area contributed by atoms with Crippen LogP contribution in [0.25, 0.3) is 11.3 Å².